The van der Waals surface area contributed by atoms with Gasteiger partial charge in [-0.2, -0.15) is 0 Å². The summed E-state index contributed by atoms with van der Waals surface area (Å²) in [6, 6.07) is 30.1. The van der Waals surface area contributed by atoms with E-state index < -0.39 is 5.91 Å². The molecule has 3 heterocycles. The van der Waals surface area contributed by atoms with Gasteiger partial charge in [-0.15, -0.1) is 0 Å². The van der Waals surface area contributed by atoms with Gasteiger partial charge >= 0.3 is 0 Å². The molecule has 6 heteroatoms. The first-order valence-electron chi connectivity index (χ1n) is 14.4. The van der Waals surface area contributed by atoms with Crippen LogP contribution in [0.4, 0.5) is 5.69 Å². The number of nitrogens with zero attached hydrogens (tertiary/aromatic N) is 2. The molecule has 5 nitrogen and oxygen atoms in total. The number of carbonyl (C=O) groups is 2. The monoisotopic (exact) mass is 561 g/mol. The second-order valence-corrected chi connectivity index (χ2v) is 11.9. The Bertz CT molecular complexity index is 1640. The molecule has 8 rings (SSSR count). The molecule has 0 spiro atoms. The summed E-state index contributed by atoms with van der Waals surface area (Å²) < 4.78 is 0. The molecule has 1 saturated carbocycles. The predicted molar refractivity (Wildman–Crippen MR) is 164 cm³/mol. The normalized spacial score (nSPS) is 21.6. The first-order valence-corrected chi connectivity index (χ1v) is 14.8. The molecule has 2 amide bonds. The number of para-hydroxylation sites is 1. The summed E-state index contributed by atoms with van der Waals surface area (Å²) in [6.45, 7) is 1.55. The van der Waals surface area contributed by atoms with Gasteiger partial charge < -0.3 is 10.6 Å². The number of piperidine rings is 2. The molecule has 2 saturated heterocycles. The van der Waals surface area contributed by atoms with Crippen molar-refractivity contribution in [3.63, 3.8) is 0 Å². The molecular formula is C35H32ClN3O2. The predicted octanol–water partition coefficient (Wildman–Crippen LogP) is 7.18. The first kappa shape index (κ1) is 26.0. The summed E-state index contributed by atoms with van der Waals surface area (Å²) in [7, 11) is 0. The third kappa shape index (κ3) is 4.54. The fraction of sp³-hybridized carbons (Fsp3) is 0.257. The summed E-state index contributed by atoms with van der Waals surface area (Å²) in [5.41, 5.74) is 12.1. The Morgan fingerprint density at radius 1 is 0.780 bits per heavy atom. The lowest BCUT2D eigenvalue weighted by Crippen LogP contribution is -2.57. The smallest absolute Gasteiger partial charge is 0.259 e. The van der Waals surface area contributed by atoms with Crippen LogP contribution in [0.3, 0.4) is 0 Å². The Morgan fingerprint density at radius 3 is 2.22 bits per heavy atom. The first-order chi connectivity index (χ1) is 20.0. The van der Waals surface area contributed by atoms with Gasteiger partial charge in [0.05, 0.1) is 16.1 Å². The molecule has 41 heavy (non-hydrogen) atoms. The van der Waals surface area contributed by atoms with Gasteiger partial charge in [0.25, 0.3) is 5.91 Å². The number of amides is 2. The number of rotatable bonds is 4. The fourth-order valence-electron chi connectivity index (χ4n) is 7.36. The zero-order chi connectivity index (χ0) is 28.1. The van der Waals surface area contributed by atoms with Crippen LogP contribution >= 0.6 is 11.6 Å². The number of carbonyl (C=O) groups excluding carboxylic acids is 2. The molecule has 4 aliphatic rings. The van der Waals surface area contributed by atoms with Crippen molar-refractivity contribution in [3.8, 4) is 22.3 Å². The largest absolute Gasteiger partial charge is 0.366 e. The third-order valence-corrected chi connectivity index (χ3v) is 9.65. The molecule has 0 unspecified atom stereocenters. The summed E-state index contributed by atoms with van der Waals surface area (Å²) in [5.74, 6) is 0.0141. The van der Waals surface area contributed by atoms with Crippen LogP contribution in [0.5, 0.6) is 0 Å². The summed E-state index contributed by atoms with van der Waals surface area (Å²) in [4.78, 5) is 31.5. The topological polar surface area (TPSA) is 66.6 Å². The lowest BCUT2D eigenvalue weighted by atomic mass is 9.74. The standard InChI is InChI=1S/C35H32ClN3O2/c36-30-19-24(28-11-6-10-27(33(28)34(37)40)22-7-2-1-3-8-22)15-18-29(30)35(41)39-21-32-23-13-16-26(17-14-23)38(32)20-25-9-4-5-12-31(25)39/h1-12,15,18-19,23,26,32H,13-14,16-17,20-21H2,(H2,37,40)/t23?,26?,32-/m1/s1. The van der Waals surface area contributed by atoms with Gasteiger partial charge in [-0.25, -0.2) is 0 Å². The van der Waals surface area contributed by atoms with Crippen LogP contribution in [0.25, 0.3) is 22.3 Å². The van der Waals surface area contributed by atoms with Gasteiger partial charge in [0.15, 0.2) is 0 Å². The maximum atomic E-state index is 14.2. The summed E-state index contributed by atoms with van der Waals surface area (Å²) in [5, 5.41) is 0.358. The highest BCUT2D eigenvalue weighted by Crippen LogP contribution is 2.44. The minimum atomic E-state index is -0.511. The lowest BCUT2D eigenvalue weighted by molar-refractivity contribution is -0.0121. The fourth-order valence-corrected chi connectivity index (χ4v) is 7.62. The molecule has 4 aromatic carbocycles. The maximum Gasteiger partial charge on any atom is 0.259 e. The van der Waals surface area contributed by atoms with Crippen LogP contribution in [-0.4, -0.2) is 35.3 Å². The second kappa shape index (κ2) is 10.5. The van der Waals surface area contributed by atoms with Gasteiger partial charge in [-0.1, -0.05) is 84.4 Å². The van der Waals surface area contributed by atoms with Crippen molar-refractivity contribution in [1.82, 2.24) is 4.90 Å². The SMILES string of the molecule is NC(=O)c1c(-c2ccccc2)cccc1-c1ccc(C(=O)N2C[C@@H]3C4CCC(CC4)N3Cc3ccccc32)c(Cl)c1. The highest BCUT2D eigenvalue weighted by Gasteiger charge is 2.45. The number of fused-ring (bicyclic) bond motifs is 3. The molecule has 206 valence electrons. The molecule has 3 fully saturated rings. The molecule has 0 aromatic heterocycles. The van der Waals surface area contributed by atoms with Crippen molar-refractivity contribution in [2.24, 2.45) is 11.7 Å². The van der Waals surface area contributed by atoms with Crippen LogP contribution in [-0.2, 0) is 6.54 Å². The number of hydrogen-bond donors (Lipinski definition) is 1. The Balaban J connectivity index is 1.26. The second-order valence-electron chi connectivity index (χ2n) is 11.5. The number of anilines is 1. The van der Waals surface area contributed by atoms with Crippen LogP contribution in [0.15, 0.2) is 91.0 Å². The van der Waals surface area contributed by atoms with E-state index in [0.29, 0.717) is 46.3 Å². The lowest BCUT2D eigenvalue weighted by Gasteiger charge is -2.51. The molecule has 3 aliphatic heterocycles. The van der Waals surface area contributed by atoms with Crippen LogP contribution in [0.1, 0.15) is 52.0 Å². The minimum Gasteiger partial charge on any atom is -0.366 e. The van der Waals surface area contributed by atoms with E-state index >= 15 is 0 Å². The van der Waals surface area contributed by atoms with E-state index in [9.17, 15) is 9.59 Å². The molecule has 1 atom stereocenters. The Kier molecular flexibility index (Phi) is 6.64. The van der Waals surface area contributed by atoms with Crippen LogP contribution in [0.2, 0.25) is 5.02 Å². The van der Waals surface area contributed by atoms with Crippen molar-refractivity contribution in [1.29, 1.82) is 0 Å². The quantitative estimate of drug-likeness (QED) is 0.287. The molecule has 2 bridgehead atoms. The van der Waals surface area contributed by atoms with Crippen molar-refractivity contribution in [2.45, 2.75) is 44.3 Å². The zero-order valence-corrected chi connectivity index (χ0v) is 23.6. The molecular weight excluding hydrogens is 530 g/mol. The molecule has 4 aromatic rings. The van der Waals surface area contributed by atoms with E-state index in [1.807, 2.05) is 65.6 Å². The molecule has 0 radical (unpaired) electrons. The van der Waals surface area contributed by atoms with Crippen LogP contribution in [0, 0.1) is 5.92 Å². The Labute approximate surface area is 245 Å². The van der Waals surface area contributed by atoms with E-state index in [-0.39, 0.29) is 5.91 Å². The van der Waals surface area contributed by atoms with Crippen molar-refractivity contribution >= 4 is 29.1 Å². The van der Waals surface area contributed by atoms with E-state index in [0.717, 1.165) is 28.9 Å². The van der Waals surface area contributed by atoms with Crippen molar-refractivity contribution < 1.29 is 9.59 Å². The zero-order valence-electron chi connectivity index (χ0n) is 22.8. The minimum absolute atomic E-state index is 0.0922. The van der Waals surface area contributed by atoms with E-state index in [1.165, 1.54) is 31.2 Å². The molecule has 2 N–H and O–H groups in total. The number of halogens is 1. The van der Waals surface area contributed by atoms with E-state index in [4.69, 9.17) is 17.3 Å². The van der Waals surface area contributed by atoms with Gasteiger partial charge in [-0.3, -0.25) is 14.5 Å². The number of primary amides is 1. The summed E-state index contributed by atoms with van der Waals surface area (Å²) >= 11 is 6.88. The Morgan fingerprint density at radius 2 is 1.49 bits per heavy atom. The van der Waals surface area contributed by atoms with Crippen molar-refractivity contribution in [2.75, 3.05) is 11.4 Å². The average molecular weight is 562 g/mol. The number of nitrogens with two attached hydrogens (primary N) is 1. The number of hydrogen-bond acceptors (Lipinski definition) is 3. The highest BCUT2D eigenvalue weighted by atomic mass is 35.5. The van der Waals surface area contributed by atoms with Gasteiger partial charge in [0.1, 0.15) is 0 Å². The van der Waals surface area contributed by atoms with Gasteiger partial charge in [0.2, 0.25) is 5.91 Å². The van der Waals surface area contributed by atoms with E-state index in [2.05, 4.69) is 23.1 Å². The molecule has 1 aliphatic carbocycles. The number of benzene rings is 4. The third-order valence-electron chi connectivity index (χ3n) is 9.34. The maximum absolute atomic E-state index is 14.2. The van der Waals surface area contributed by atoms with Gasteiger partial charge in [-0.05, 0) is 77.6 Å². The highest BCUT2D eigenvalue weighted by molar-refractivity contribution is 6.35. The van der Waals surface area contributed by atoms with Crippen LogP contribution < -0.4 is 10.6 Å². The average Bonchev–Trinajstić information content (AvgIpc) is 3.20. The van der Waals surface area contributed by atoms with Crippen molar-refractivity contribution in [3.05, 3.63) is 113 Å². The Hall–Kier alpha value is -3.93. The van der Waals surface area contributed by atoms with Gasteiger partial charge in [0, 0.05) is 30.9 Å². The summed E-state index contributed by atoms with van der Waals surface area (Å²) in [6.07, 6.45) is 4.99. The van der Waals surface area contributed by atoms with E-state index in [1.54, 1.807) is 12.1 Å².